The van der Waals surface area contributed by atoms with Gasteiger partial charge in [-0.3, -0.25) is 0 Å². The van der Waals surface area contributed by atoms with Gasteiger partial charge in [0.1, 0.15) is 6.17 Å². The van der Waals surface area contributed by atoms with E-state index in [4.69, 9.17) is 0 Å². The molecule has 3 aromatic rings. The average Bonchev–Trinajstić information content (AvgIpc) is 3.27. The van der Waals surface area contributed by atoms with Crippen LogP contribution in [0.25, 0.3) is 20.2 Å². The molecule has 3 aliphatic rings. The number of thiophene rings is 1. The molecule has 1 aromatic heterocycles. The van der Waals surface area contributed by atoms with Crippen LogP contribution >= 0.6 is 11.3 Å². The fourth-order valence-corrected chi connectivity index (χ4v) is 8.12. The highest BCUT2D eigenvalue weighted by atomic mass is 32.1. The third-order valence-corrected chi connectivity index (χ3v) is 9.18. The Morgan fingerprint density at radius 1 is 1.07 bits per heavy atom. The third kappa shape index (κ3) is 1.56. The lowest BCUT2D eigenvalue weighted by Gasteiger charge is -2.69. The van der Waals surface area contributed by atoms with Crippen molar-refractivity contribution in [3.8, 4) is 0 Å². The van der Waals surface area contributed by atoms with Crippen LogP contribution in [0.3, 0.4) is 0 Å². The molecule has 0 bridgehead atoms. The van der Waals surface area contributed by atoms with Crippen LogP contribution in [0.15, 0.2) is 61.0 Å². The molecule has 2 aromatic carbocycles. The quantitative estimate of drug-likeness (QED) is 0.457. The van der Waals surface area contributed by atoms with Gasteiger partial charge in [-0.1, -0.05) is 56.3 Å². The van der Waals surface area contributed by atoms with Crippen molar-refractivity contribution in [2.45, 2.75) is 44.7 Å². The molecule has 28 heavy (non-hydrogen) atoms. The summed E-state index contributed by atoms with van der Waals surface area (Å²) in [5.74, 6) is 0. The number of hydrogen-bond donors (Lipinski definition) is 0. The third-order valence-electron chi connectivity index (χ3n) is 7.99. The zero-order chi connectivity index (χ0) is 19.3. The van der Waals surface area contributed by atoms with Gasteiger partial charge in [-0.15, -0.1) is 11.3 Å². The summed E-state index contributed by atoms with van der Waals surface area (Å²) in [6.45, 7) is 9.33. The van der Waals surface area contributed by atoms with E-state index in [0.717, 1.165) is 12.8 Å². The van der Waals surface area contributed by atoms with E-state index in [1.807, 2.05) is 11.3 Å². The zero-order valence-electron chi connectivity index (χ0n) is 16.8. The maximum Gasteiger partial charge on any atom is 0.112 e. The molecule has 3 unspecified atom stereocenters. The van der Waals surface area contributed by atoms with Crippen molar-refractivity contribution in [1.82, 2.24) is 4.90 Å². The van der Waals surface area contributed by atoms with Gasteiger partial charge >= 0.3 is 0 Å². The van der Waals surface area contributed by atoms with Gasteiger partial charge < -0.3 is 9.80 Å². The van der Waals surface area contributed by atoms with Gasteiger partial charge in [0.15, 0.2) is 0 Å². The first kappa shape index (κ1) is 16.7. The van der Waals surface area contributed by atoms with Crippen molar-refractivity contribution in [3.05, 3.63) is 66.5 Å². The molecule has 0 amide bonds. The van der Waals surface area contributed by atoms with Gasteiger partial charge in [-0.05, 0) is 30.9 Å². The fourth-order valence-electron chi connectivity index (χ4n) is 6.86. The average molecular weight is 387 g/mol. The summed E-state index contributed by atoms with van der Waals surface area (Å²) in [5.41, 5.74) is 4.68. The summed E-state index contributed by atoms with van der Waals surface area (Å²) in [6.07, 6.45) is 8.40. The summed E-state index contributed by atoms with van der Waals surface area (Å²) in [6, 6.07) is 13.6. The molecule has 6 rings (SSSR count). The Morgan fingerprint density at radius 3 is 2.64 bits per heavy atom. The predicted molar refractivity (Wildman–Crippen MR) is 121 cm³/mol. The van der Waals surface area contributed by atoms with Crippen molar-refractivity contribution in [1.29, 1.82) is 0 Å². The second-order valence-corrected chi connectivity index (χ2v) is 9.78. The molecule has 2 aliphatic heterocycles. The van der Waals surface area contributed by atoms with Crippen LogP contribution in [0.4, 0.5) is 5.69 Å². The Labute approximate surface area is 170 Å². The van der Waals surface area contributed by atoms with Crippen LogP contribution in [0.1, 0.15) is 38.7 Å². The zero-order valence-corrected chi connectivity index (χ0v) is 17.6. The van der Waals surface area contributed by atoms with E-state index >= 15 is 0 Å². The molecule has 2 nitrogen and oxygen atoms in total. The first-order valence-electron chi connectivity index (χ1n) is 10.4. The minimum Gasteiger partial charge on any atom is -0.358 e. The van der Waals surface area contributed by atoms with Gasteiger partial charge in [-0.2, -0.15) is 0 Å². The second-order valence-electron chi connectivity index (χ2n) is 8.73. The van der Waals surface area contributed by atoms with Crippen LogP contribution in [0.5, 0.6) is 0 Å². The minimum absolute atomic E-state index is 0.0862. The molecule has 0 N–H and O–H groups in total. The molecule has 142 valence electrons. The SMILES string of the molecule is C=C1CC2(CC)C3N(C)C=CN3c3c(ccc4c3sc3ccccc34)C12CC. The monoisotopic (exact) mass is 386 g/mol. The molecular weight excluding hydrogens is 360 g/mol. The maximum atomic E-state index is 4.59. The van der Waals surface area contributed by atoms with Crippen molar-refractivity contribution in [2.24, 2.45) is 5.41 Å². The van der Waals surface area contributed by atoms with Crippen LogP contribution in [0.2, 0.25) is 0 Å². The standard InChI is InChI=1S/C25H26N2S/c1-5-24-15-16(3)25(24,6-2)19-12-11-18-17-9-7-8-10-20(17)28-22(18)21(19)27-14-13-26(4)23(24)27/h7-14,23H,3,5-6,15H2,1-2,4H3. The lowest BCUT2D eigenvalue weighted by molar-refractivity contribution is -0.0249. The van der Waals surface area contributed by atoms with Crippen molar-refractivity contribution >= 4 is 37.2 Å². The van der Waals surface area contributed by atoms with E-state index in [2.05, 4.69) is 86.1 Å². The molecule has 0 saturated heterocycles. The molecule has 3 heterocycles. The largest absolute Gasteiger partial charge is 0.358 e. The molecule has 3 heteroatoms. The van der Waals surface area contributed by atoms with Crippen molar-refractivity contribution in [2.75, 3.05) is 11.9 Å². The van der Waals surface area contributed by atoms with E-state index in [1.165, 1.54) is 43.4 Å². The Morgan fingerprint density at radius 2 is 1.89 bits per heavy atom. The highest BCUT2D eigenvalue weighted by molar-refractivity contribution is 7.26. The van der Waals surface area contributed by atoms with E-state index in [1.54, 1.807) is 0 Å². The summed E-state index contributed by atoms with van der Waals surface area (Å²) >= 11 is 1.95. The molecular formula is C25H26N2S. The summed E-state index contributed by atoms with van der Waals surface area (Å²) in [4.78, 5) is 5.02. The topological polar surface area (TPSA) is 6.48 Å². The molecule has 1 fully saturated rings. The van der Waals surface area contributed by atoms with Crippen LogP contribution < -0.4 is 4.90 Å². The number of rotatable bonds is 2. The van der Waals surface area contributed by atoms with Gasteiger partial charge in [0, 0.05) is 45.7 Å². The van der Waals surface area contributed by atoms with Gasteiger partial charge in [0.2, 0.25) is 0 Å². The molecule has 0 radical (unpaired) electrons. The summed E-state index contributed by atoms with van der Waals surface area (Å²) in [7, 11) is 2.25. The summed E-state index contributed by atoms with van der Waals surface area (Å²) < 4.78 is 2.81. The highest BCUT2D eigenvalue weighted by Gasteiger charge is 2.69. The number of allylic oxidation sites excluding steroid dienone is 1. The fraction of sp³-hybridized carbons (Fsp3) is 0.360. The number of anilines is 1. The summed E-state index contributed by atoms with van der Waals surface area (Å²) in [5, 5.41) is 2.77. The number of benzene rings is 2. The van der Waals surface area contributed by atoms with E-state index in [-0.39, 0.29) is 10.8 Å². The normalized spacial score (nSPS) is 30.5. The van der Waals surface area contributed by atoms with Crippen molar-refractivity contribution in [3.63, 3.8) is 0 Å². The Bertz CT molecular complexity index is 1190. The predicted octanol–water partition coefficient (Wildman–Crippen LogP) is 6.62. The Kier molecular flexibility index (Phi) is 3.10. The second kappa shape index (κ2) is 5.21. The lowest BCUT2D eigenvalue weighted by atomic mass is 9.40. The number of hydrogen-bond acceptors (Lipinski definition) is 3. The van der Waals surface area contributed by atoms with Gasteiger partial charge in [0.25, 0.3) is 0 Å². The van der Waals surface area contributed by atoms with E-state index in [0.29, 0.717) is 6.17 Å². The first-order chi connectivity index (χ1) is 13.6. The Hall–Kier alpha value is -2.26. The van der Waals surface area contributed by atoms with Crippen LogP contribution in [-0.2, 0) is 5.41 Å². The van der Waals surface area contributed by atoms with Gasteiger partial charge in [0.05, 0.1) is 10.4 Å². The molecule has 0 spiro atoms. The lowest BCUT2D eigenvalue weighted by Crippen LogP contribution is -2.70. The first-order valence-corrected chi connectivity index (χ1v) is 11.2. The molecule has 1 saturated carbocycles. The minimum atomic E-state index is 0.0862. The van der Waals surface area contributed by atoms with Crippen LogP contribution in [-0.4, -0.2) is 18.1 Å². The van der Waals surface area contributed by atoms with Crippen LogP contribution in [0, 0.1) is 5.41 Å². The van der Waals surface area contributed by atoms with Crippen molar-refractivity contribution < 1.29 is 0 Å². The highest BCUT2D eigenvalue weighted by Crippen LogP contribution is 2.72. The number of nitrogens with zero attached hydrogens (tertiary/aromatic N) is 2. The smallest absolute Gasteiger partial charge is 0.112 e. The van der Waals surface area contributed by atoms with E-state index in [9.17, 15) is 0 Å². The van der Waals surface area contributed by atoms with E-state index < -0.39 is 0 Å². The molecule has 3 atom stereocenters. The van der Waals surface area contributed by atoms with Gasteiger partial charge in [-0.25, -0.2) is 0 Å². The maximum absolute atomic E-state index is 4.59. The Balaban J connectivity index is 1.76. The number of fused-ring (bicyclic) bond motifs is 10. The molecule has 1 aliphatic carbocycles.